The molecule has 2 rings (SSSR count). The molecular weight excluding hydrogens is 214 g/mol. The van der Waals surface area contributed by atoms with Gasteiger partial charge in [0.05, 0.1) is 6.26 Å². The van der Waals surface area contributed by atoms with Crippen LogP contribution in [0.5, 0.6) is 5.75 Å². The standard InChI is InChI=1S/C14H17NO2/c1-11(7-8-14-6-3-9-17-14)15-12-4-2-5-13(16)10-12/h2-6,9-11,15-16H,7-8H2,1H3. The van der Waals surface area contributed by atoms with Crippen molar-refractivity contribution in [1.29, 1.82) is 0 Å². The van der Waals surface area contributed by atoms with E-state index < -0.39 is 0 Å². The first-order valence-electron chi connectivity index (χ1n) is 5.82. The van der Waals surface area contributed by atoms with Gasteiger partial charge in [0, 0.05) is 24.2 Å². The molecule has 3 heteroatoms. The van der Waals surface area contributed by atoms with Gasteiger partial charge in [-0.1, -0.05) is 6.07 Å². The van der Waals surface area contributed by atoms with Crippen LogP contribution in [0.15, 0.2) is 47.1 Å². The summed E-state index contributed by atoms with van der Waals surface area (Å²) in [6, 6.07) is 11.4. The summed E-state index contributed by atoms with van der Waals surface area (Å²) in [5.74, 6) is 1.29. The fourth-order valence-electron chi connectivity index (χ4n) is 1.77. The van der Waals surface area contributed by atoms with Crippen molar-refractivity contribution in [3.8, 4) is 5.75 Å². The number of nitrogens with one attached hydrogen (secondary N) is 1. The van der Waals surface area contributed by atoms with Gasteiger partial charge in [-0.2, -0.15) is 0 Å². The van der Waals surface area contributed by atoms with Crippen molar-refractivity contribution in [1.82, 2.24) is 0 Å². The largest absolute Gasteiger partial charge is 0.508 e. The highest BCUT2D eigenvalue weighted by Gasteiger charge is 2.04. The van der Waals surface area contributed by atoms with E-state index in [9.17, 15) is 5.11 Å². The number of rotatable bonds is 5. The average molecular weight is 231 g/mol. The second-order valence-corrected chi connectivity index (χ2v) is 4.21. The fraction of sp³-hybridized carbons (Fsp3) is 0.286. The van der Waals surface area contributed by atoms with E-state index >= 15 is 0 Å². The number of phenolic OH excluding ortho intramolecular Hbond substituents is 1. The summed E-state index contributed by atoms with van der Waals surface area (Å²) < 4.78 is 5.29. The highest BCUT2D eigenvalue weighted by molar-refractivity contribution is 5.48. The van der Waals surface area contributed by atoms with E-state index in [0.717, 1.165) is 24.3 Å². The van der Waals surface area contributed by atoms with Crippen LogP contribution < -0.4 is 5.32 Å². The number of benzene rings is 1. The van der Waals surface area contributed by atoms with Crippen molar-refractivity contribution in [3.63, 3.8) is 0 Å². The predicted octanol–water partition coefficient (Wildman–Crippen LogP) is 3.42. The summed E-state index contributed by atoms with van der Waals surface area (Å²) in [7, 11) is 0. The number of phenols is 1. The molecule has 0 saturated carbocycles. The molecule has 90 valence electrons. The van der Waals surface area contributed by atoms with Crippen molar-refractivity contribution in [2.75, 3.05) is 5.32 Å². The summed E-state index contributed by atoms with van der Waals surface area (Å²) in [5, 5.41) is 12.7. The Bertz CT molecular complexity index is 451. The van der Waals surface area contributed by atoms with E-state index in [1.165, 1.54) is 0 Å². The minimum absolute atomic E-state index is 0.285. The van der Waals surface area contributed by atoms with Crippen LogP contribution in [0, 0.1) is 0 Å². The molecule has 0 fully saturated rings. The van der Waals surface area contributed by atoms with Gasteiger partial charge in [-0.3, -0.25) is 0 Å². The second-order valence-electron chi connectivity index (χ2n) is 4.21. The number of aromatic hydroxyl groups is 1. The number of hydrogen-bond donors (Lipinski definition) is 2. The first-order valence-corrected chi connectivity index (χ1v) is 5.82. The van der Waals surface area contributed by atoms with E-state index in [1.54, 1.807) is 18.4 Å². The Labute approximate surface area is 101 Å². The zero-order valence-corrected chi connectivity index (χ0v) is 9.89. The number of aryl methyl sites for hydroxylation is 1. The van der Waals surface area contributed by atoms with Gasteiger partial charge in [0.15, 0.2) is 0 Å². The molecule has 1 heterocycles. The minimum Gasteiger partial charge on any atom is -0.508 e. The van der Waals surface area contributed by atoms with E-state index in [0.29, 0.717) is 6.04 Å². The van der Waals surface area contributed by atoms with Crippen molar-refractivity contribution in [3.05, 3.63) is 48.4 Å². The van der Waals surface area contributed by atoms with Gasteiger partial charge in [0.1, 0.15) is 11.5 Å². The fourth-order valence-corrected chi connectivity index (χ4v) is 1.77. The molecule has 0 spiro atoms. The van der Waals surface area contributed by atoms with E-state index in [-0.39, 0.29) is 5.75 Å². The zero-order chi connectivity index (χ0) is 12.1. The smallest absolute Gasteiger partial charge is 0.117 e. The third-order valence-corrected chi connectivity index (χ3v) is 2.66. The second kappa shape index (κ2) is 5.43. The van der Waals surface area contributed by atoms with Gasteiger partial charge in [0.25, 0.3) is 0 Å². The van der Waals surface area contributed by atoms with Crippen LogP contribution >= 0.6 is 0 Å². The summed E-state index contributed by atoms with van der Waals surface area (Å²) in [6.45, 7) is 2.12. The molecule has 17 heavy (non-hydrogen) atoms. The van der Waals surface area contributed by atoms with Crippen LogP contribution in [0.4, 0.5) is 5.69 Å². The highest BCUT2D eigenvalue weighted by Crippen LogP contribution is 2.17. The lowest BCUT2D eigenvalue weighted by Gasteiger charge is -2.14. The molecule has 0 aliphatic carbocycles. The van der Waals surface area contributed by atoms with Gasteiger partial charge in [-0.25, -0.2) is 0 Å². The molecule has 1 aromatic carbocycles. The molecule has 0 bridgehead atoms. The quantitative estimate of drug-likeness (QED) is 0.828. The molecular formula is C14H17NO2. The number of anilines is 1. The maximum absolute atomic E-state index is 9.35. The van der Waals surface area contributed by atoms with Gasteiger partial charge in [-0.15, -0.1) is 0 Å². The summed E-state index contributed by atoms with van der Waals surface area (Å²) in [6.07, 6.45) is 3.60. The summed E-state index contributed by atoms with van der Waals surface area (Å²) in [4.78, 5) is 0. The van der Waals surface area contributed by atoms with E-state index in [1.807, 2.05) is 24.3 Å². The predicted molar refractivity (Wildman–Crippen MR) is 68.2 cm³/mol. The third-order valence-electron chi connectivity index (χ3n) is 2.66. The molecule has 0 radical (unpaired) electrons. The van der Waals surface area contributed by atoms with Gasteiger partial charge in [0.2, 0.25) is 0 Å². The molecule has 0 amide bonds. The lowest BCUT2D eigenvalue weighted by atomic mass is 10.1. The SMILES string of the molecule is CC(CCc1ccco1)Nc1cccc(O)c1. The topological polar surface area (TPSA) is 45.4 Å². The molecule has 1 atom stereocenters. The first-order chi connectivity index (χ1) is 8.24. The Morgan fingerprint density at radius 3 is 2.88 bits per heavy atom. The normalized spacial score (nSPS) is 12.3. The Morgan fingerprint density at radius 1 is 1.29 bits per heavy atom. The average Bonchev–Trinajstić information content (AvgIpc) is 2.79. The molecule has 0 saturated heterocycles. The molecule has 2 aromatic rings. The van der Waals surface area contributed by atoms with E-state index in [2.05, 4.69) is 12.2 Å². The van der Waals surface area contributed by atoms with Crippen molar-refractivity contribution < 1.29 is 9.52 Å². The Morgan fingerprint density at radius 2 is 2.18 bits per heavy atom. The van der Waals surface area contributed by atoms with Crippen LogP contribution in [-0.4, -0.2) is 11.1 Å². The van der Waals surface area contributed by atoms with Crippen LogP contribution in [-0.2, 0) is 6.42 Å². The highest BCUT2D eigenvalue weighted by atomic mass is 16.3. The number of furan rings is 1. The Hall–Kier alpha value is -1.90. The summed E-state index contributed by atoms with van der Waals surface area (Å²) >= 11 is 0. The van der Waals surface area contributed by atoms with Crippen LogP contribution in [0.2, 0.25) is 0 Å². The third kappa shape index (κ3) is 3.55. The van der Waals surface area contributed by atoms with Crippen molar-refractivity contribution in [2.45, 2.75) is 25.8 Å². The van der Waals surface area contributed by atoms with Crippen LogP contribution in [0.1, 0.15) is 19.1 Å². The first kappa shape index (κ1) is 11.6. The maximum Gasteiger partial charge on any atom is 0.117 e. The maximum atomic E-state index is 9.35. The van der Waals surface area contributed by atoms with Crippen molar-refractivity contribution >= 4 is 5.69 Å². The molecule has 3 nitrogen and oxygen atoms in total. The van der Waals surface area contributed by atoms with Gasteiger partial charge < -0.3 is 14.8 Å². The molecule has 1 aromatic heterocycles. The monoisotopic (exact) mass is 231 g/mol. The van der Waals surface area contributed by atoms with Gasteiger partial charge in [-0.05, 0) is 37.6 Å². The summed E-state index contributed by atoms with van der Waals surface area (Å²) in [5.41, 5.74) is 0.942. The molecule has 0 aliphatic heterocycles. The van der Waals surface area contributed by atoms with Crippen LogP contribution in [0.3, 0.4) is 0 Å². The van der Waals surface area contributed by atoms with Crippen molar-refractivity contribution in [2.24, 2.45) is 0 Å². The lowest BCUT2D eigenvalue weighted by molar-refractivity contribution is 0.475. The van der Waals surface area contributed by atoms with Crippen LogP contribution in [0.25, 0.3) is 0 Å². The lowest BCUT2D eigenvalue weighted by Crippen LogP contribution is -2.15. The Balaban J connectivity index is 1.83. The zero-order valence-electron chi connectivity index (χ0n) is 9.89. The molecule has 1 unspecified atom stereocenters. The van der Waals surface area contributed by atoms with E-state index in [4.69, 9.17) is 4.42 Å². The molecule has 2 N–H and O–H groups in total. The van der Waals surface area contributed by atoms with Gasteiger partial charge >= 0.3 is 0 Å². The number of hydrogen-bond acceptors (Lipinski definition) is 3. The minimum atomic E-state index is 0.285. The Kier molecular flexibility index (Phi) is 3.70. The molecule has 0 aliphatic rings.